The second kappa shape index (κ2) is 7.51. The molecule has 3 aromatic carbocycles. The first-order chi connectivity index (χ1) is 12.5. The minimum atomic E-state index is -3.63. The first-order valence-electron chi connectivity index (χ1n) is 8.04. The fourth-order valence-electron chi connectivity index (χ4n) is 2.54. The average molecular weight is 365 g/mol. The molecule has 0 aliphatic rings. The molecule has 0 bridgehead atoms. The molecule has 0 aromatic heterocycles. The summed E-state index contributed by atoms with van der Waals surface area (Å²) in [5, 5.41) is 7.38. The number of sulfonamides is 1. The van der Waals surface area contributed by atoms with E-state index in [0.29, 0.717) is 5.56 Å². The number of nitrogens with two attached hydrogens (primary N) is 1. The molecule has 0 aliphatic carbocycles. The Bertz CT molecular complexity index is 1010. The van der Waals surface area contributed by atoms with Gasteiger partial charge in [0.15, 0.2) is 0 Å². The first-order valence-corrected chi connectivity index (χ1v) is 9.52. The van der Waals surface area contributed by atoms with Crippen LogP contribution in [0.5, 0.6) is 0 Å². The lowest BCUT2D eigenvalue weighted by molar-refractivity contribution is 0.581. The molecule has 4 N–H and O–H groups in total. The van der Waals surface area contributed by atoms with E-state index < -0.39 is 10.0 Å². The summed E-state index contributed by atoms with van der Waals surface area (Å²) in [6.45, 7) is 0.163. The third-order valence-electron chi connectivity index (χ3n) is 3.98. The number of nitrogen functional groups attached to an aromatic ring is 1. The van der Waals surface area contributed by atoms with Crippen molar-refractivity contribution in [2.75, 3.05) is 0 Å². The number of rotatable bonds is 6. The van der Waals surface area contributed by atoms with Crippen LogP contribution in [0.2, 0.25) is 0 Å². The quantitative estimate of drug-likeness (QED) is 0.462. The van der Waals surface area contributed by atoms with E-state index in [9.17, 15) is 8.42 Å². The van der Waals surface area contributed by atoms with Crippen LogP contribution in [0.3, 0.4) is 0 Å². The fraction of sp³-hybridized carbons (Fsp3) is 0.0500. The number of amidine groups is 1. The van der Waals surface area contributed by atoms with Crippen molar-refractivity contribution in [3.63, 3.8) is 0 Å². The zero-order valence-corrected chi connectivity index (χ0v) is 14.8. The Balaban J connectivity index is 1.77. The highest BCUT2D eigenvalue weighted by atomic mass is 32.2. The van der Waals surface area contributed by atoms with Gasteiger partial charge >= 0.3 is 0 Å². The molecular weight excluding hydrogens is 346 g/mol. The molecule has 132 valence electrons. The molecule has 0 radical (unpaired) electrons. The molecule has 0 saturated carbocycles. The molecule has 0 atom stereocenters. The molecule has 3 rings (SSSR count). The normalized spacial score (nSPS) is 11.2. The number of hydrogen-bond acceptors (Lipinski definition) is 3. The number of hydrogen-bond donors (Lipinski definition) is 3. The number of benzene rings is 3. The van der Waals surface area contributed by atoms with E-state index in [2.05, 4.69) is 4.72 Å². The van der Waals surface area contributed by atoms with Crippen molar-refractivity contribution >= 4 is 15.9 Å². The molecular formula is C20H19N3O2S. The van der Waals surface area contributed by atoms with Crippen LogP contribution in [-0.2, 0) is 16.6 Å². The summed E-state index contributed by atoms with van der Waals surface area (Å²) >= 11 is 0. The van der Waals surface area contributed by atoms with Gasteiger partial charge in [-0.25, -0.2) is 13.1 Å². The third-order valence-corrected chi connectivity index (χ3v) is 5.38. The van der Waals surface area contributed by atoms with Gasteiger partial charge in [0.1, 0.15) is 5.84 Å². The van der Waals surface area contributed by atoms with Crippen molar-refractivity contribution in [3.05, 3.63) is 90.0 Å². The van der Waals surface area contributed by atoms with E-state index in [-0.39, 0.29) is 17.3 Å². The molecule has 0 unspecified atom stereocenters. The van der Waals surface area contributed by atoms with Crippen molar-refractivity contribution in [1.82, 2.24) is 4.72 Å². The van der Waals surface area contributed by atoms with Gasteiger partial charge in [0.25, 0.3) is 0 Å². The van der Waals surface area contributed by atoms with Gasteiger partial charge in [0.05, 0.1) is 4.90 Å². The summed E-state index contributed by atoms with van der Waals surface area (Å²) in [5.41, 5.74) is 8.62. The van der Waals surface area contributed by atoms with Gasteiger partial charge in [-0.1, -0.05) is 66.7 Å². The van der Waals surface area contributed by atoms with Crippen LogP contribution in [0.4, 0.5) is 0 Å². The second-order valence-corrected chi connectivity index (χ2v) is 7.60. The predicted molar refractivity (Wildman–Crippen MR) is 103 cm³/mol. The smallest absolute Gasteiger partial charge is 0.240 e. The summed E-state index contributed by atoms with van der Waals surface area (Å²) < 4.78 is 27.8. The number of nitrogens with one attached hydrogen (secondary N) is 2. The summed E-state index contributed by atoms with van der Waals surface area (Å²) in [6, 6.07) is 23.4. The summed E-state index contributed by atoms with van der Waals surface area (Å²) in [4.78, 5) is 0.221. The van der Waals surface area contributed by atoms with Crippen molar-refractivity contribution in [1.29, 1.82) is 5.41 Å². The highest BCUT2D eigenvalue weighted by Crippen LogP contribution is 2.22. The van der Waals surface area contributed by atoms with Gasteiger partial charge in [0.2, 0.25) is 10.0 Å². The lowest BCUT2D eigenvalue weighted by atomic mass is 10.1. The van der Waals surface area contributed by atoms with E-state index in [1.165, 1.54) is 0 Å². The standard InChI is InChI=1S/C20H19N3O2S/c21-20(22)17-11-9-15(10-12-17)14-23-26(24,25)19-8-4-7-18(13-19)16-5-2-1-3-6-16/h1-13,23H,14H2,(H3,21,22). The van der Waals surface area contributed by atoms with Gasteiger partial charge in [-0.15, -0.1) is 0 Å². The monoisotopic (exact) mass is 365 g/mol. The summed E-state index contributed by atoms with van der Waals surface area (Å²) in [7, 11) is -3.63. The highest BCUT2D eigenvalue weighted by molar-refractivity contribution is 7.89. The average Bonchev–Trinajstić information content (AvgIpc) is 2.67. The molecule has 0 saturated heterocycles. The van der Waals surface area contributed by atoms with Crippen molar-refractivity contribution in [3.8, 4) is 11.1 Å². The highest BCUT2D eigenvalue weighted by Gasteiger charge is 2.14. The van der Waals surface area contributed by atoms with Crippen LogP contribution in [0.15, 0.2) is 83.8 Å². The topological polar surface area (TPSA) is 96.0 Å². The van der Waals surface area contributed by atoms with Crippen LogP contribution in [-0.4, -0.2) is 14.3 Å². The molecule has 0 fully saturated rings. The van der Waals surface area contributed by atoms with E-state index in [1.807, 2.05) is 36.4 Å². The summed E-state index contributed by atoms with van der Waals surface area (Å²) in [5.74, 6) is -0.0187. The molecule has 26 heavy (non-hydrogen) atoms. The minimum absolute atomic E-state index is 0.0187. The van der Waals surface area contributed by atoms with Gasteiger partial charge < -0.3 is 5.73 Å². The Labute approximate surface area is 153 Å². The lowest BCUT2D eigenvalue weighted by Gasteiger charge is -2.09. The molecule has 0 amide bonds. The van der Waals surface area contributed by atoms with E-state index >= 15 is 0 Å². The minimum Gasteiger partial charge on any atom is -0.384 e. The zero-order valence-electron chi connectivity index (χ0n) is 14.0. The lowest BCUT2D eigenvalue weighted by Crippen LogP contribution is -2.23. The van der Waals surface area contributed by atoms with Crippen molar-refractivity contribution in [2.24, 2.45) is 5.73 Å². The predicted octanol–water partition coefficient (Wildman–Crippen LogP) is 3.12. The van der Waals surface area contributed by atoms with Gasteiger partial charge in [-0.2, -0.15) is 0 Å². The largest absolute Gasteiger partial charge is 0.384 e. The maximum absolute atomic E-state index is 12.6. The Morgan fingerprint density at radius 3 is 2.19 bits per heavy atom. The van der Waals surface area contributed by atoms with E-state index in [4.69, 9.17) is 11.1 Å². The van der Waals surface area contributed by atoms with Gasteiger partial charge in [-0.3, -0.25) is 5.41 Å². The van der Waals surface area contributed by atoms with E-state index in [0.717, 1.165) is 16.7 Å². The maximum Gasteiger partial charge on any atom is 0.240 e. The maximum atomic E-state index is 12.6. The molecule has 3 aromatic rings. The van der Waals surface area contributed by atoms with Crippen LogP contribution >= 0.6 is 0 Å². The van der Waals surface area contributed by atoms with Crippen LogP contribution in [0, 0.1) is 5.41 Å². The summed E-state index contributed by atoms with van der Waals surface area (Å²) in [6.07, 6.45) is 0. The van der Waals surface area contributed by atoms with Crippen LogP contribution < -0.4 is 10.5 Å². The molecule has 6 heteroatoms. The fourth-order valence-corrected chi connectivity index (χ4v) is 3.60. The third kappa shape index (κ3) is 4.17. The Kier molecular flexibility index (Phi) is 5.16. The Hall–Kier alpha value is -2.96. The van der Waals surface area contributed by atoms with Gasteiger partial charge in [0, 0.05) is 12.1 Å². The first kappa shape index (κ1) is 17.8. The van der Waals surface area contributed by atoms with Gasteiger partial charge in [-0.05, 0) is 28.8 Å². The molecule has 0 aliphatic heterocycles. The van der Waals surface area contributed by atoms with E-state index in [1.54, 1.807) is 42.5 Å². The molecule has 0 spiro atoms. The zero-order chi connectivity index (χ0) is 18.6. The Morgan fingerprint density at radius 2 is 1.54 bits per heavy atom. The SMILES string of the molecule is N=C(N)c1ccc(CNS(=O)(=O)c2cccc(-c3ccccc3)c2)cc1. The van der Waals surface area contributed by atoms with Crippen molar-refractivity contribution < 1.29 is 8.42 Å². The molecule has 5 nitrogen and oxygen atoms in total. The van der Waals surface area contributed by atoms with Crippen molar-refractivity contribution in [2.45, 2.75) is 11.4 Å². The molecule has 0 heterocycles. The van der Waals surface area contributed by atoms with Crippen LogP contribution in [0.25, 0.3) is 11.1 Å². The van der Waals surface area contributed by atoms with Crippen LogP contribution in [0.1, 0.15) is 11.1 Å². The Morgan fingerprint density at radius 1 is 0.885 bits per heavy atom. The second-order valence-electron chi connectivity index (χ2n) is 5.83.